The van der Waals surface area contributed by atoms with E-state index in [9.17, 15) is 14.4 Å². The van der Waals surface area contributed by atoms with Crippen LogP contribution in [0.25, 0.3) is 0 Å². The van der Waals surface area contributed by atoms with Gasteiger partial charge in [-0.05, 0) is 36.9 Å². The van der Waals surface area contributed by atoms with Crippen molar-refractivity contribution in [2.75, 3.05) is 6.54 Å². The fourth-order valence-electron chi connectivity index (χ4n) is 2.93. The summed E-state index contributed by atoms with van der Waals surface area (Å²) in [6, 6.07) is 17.1. The average Bonchev–Trinajstić information content (AvgIpc) is 2.78. The molecule has 4 N–H and O–H groups in total. The molecule has 0 radical (unpaired) electrons. The number of alkyl carbamates (subject to hydrolysis) is 1. The lowest BCUT2D eigenvalue weighted by Gasteiger charge is -2.21. The van der Waals surface area contributed by atoms with Crippen LogP contribution in [0.4, 0.5) is 4.79 Å². The molecule has 2 amide bonds. The zero-order valence-corrected chi connectivity index (χ0v) is 17.0. The first kappa shape index (κ1) is 23.1. The molecule has 2 atom stereocenters. The first-order valence-corrected chi connectivity index (χ1v) is 10.1. The summed E-state index contributed by atoms with van der Waals surface area (Å²) < 4.78 is 5.24. The van der Waals surface area contributed by atoms with Crippen molar-refractivity contribution in [2.24, 2.45) is 5.73 Å². The molecule has 0 bridgehead atoms. The maximum atomic E-state index is 12.8. The minimum Gasteiger partial charge on any atom is -0.445 e. The number of rotatable bonds is 12. The Morgan fingerprint density at radius 1 is 0.933 bits per heavy atom. The molecule has 0 heterocycles. The molecule has 0 saturated heterocycles. The summed E-state index contributed by atoms with van der Waals surface area (Å²) in [5.74, 6) is -0.430. The van der Waals surface area contributed by atoms with Crippen molar-refractivity contribution in [1.29, 1.82) is 0 Å². The topological polar surface area (TPSA) is 111 Å². The van der Waals surface area contributed by atoms with Crippen LogP contribution in [0, 0.1) is 0 Å². The number of amides is 2. The van der Waals surface area contributed by atoms with Crippen molar-refractivity contribution < 1.29 is 19.1 Å². The van der Waals surface area contributed by atoms with Crippen LogP contribution < -0.4 is 16.4 Å². The zero-order valence-electron chi connectivity index (χ0n) is 17.0. The number of nitrogens with one attached hydrogen (secondary N) is 2. The number of ether oxygens (including phenoxy) is 1. The van der Waals surface area contributed by atoms with Gasteiger partial charge in [-0.3, -0.25) is 4.79 Å². The van der Waals surface area contributed by atoms with Crippen LogP contribution in [0.1, 0.15) is 30.4 Å². The molecule has 2 aromatic rings. The normalized spacial score (nSPS) is 12.4. The van der Waals surface area contributed by atoms with E-state index in [1.807, 2.05) is 60.7 Å². The summed E-state index contributed by atoms with van der Waals surface area (Å²) in [5.41, 5.74) is 7.21. The summed E-state index contributed by atoms with van der Waals surface area (Å²) in [4.78, 5) is 36.4. The van der Waals surface area contributed by atoms with Crippen LogP contribution in [0.2, 0.25) is 0 Å². The van der Waals surface area contributed by atoms with Crippen molar-refractivity contribution in [3.63, 3.8) is 0 Å². The monoisotopic (exact) mass is 411 g/mol. The quantitative estimate of drug-likeness (QED) is 0.367. The number of carbonyl (C=O) groups is 3. The van der Waals surface area contributed by atoms with Gasteiger partial charge in [-0.1, -0.05) is 60.7 Å². The molecule has 0 fully saturated rings. The number of nitrogens with two attached hydrogens (primary N) is 1. The van der Waals surface area contributed by atoms with E-state index in [-0.39, 0.29) is 13.0 Å². The van der Waals surface area contributed by atoms with Gasteiger partial charge in [0.1, 0.15) is 18.9 Å². The summed E-state index contributed by atoms with van der Waals surface area (Å²) in [5, 5.41) is 5.33. The van der Waals surface area contributed by atoms with E-state index in [4.69, 9.17) is 10.5 Å². The molecule has 0 aliphatic carbocycles. The lowest BCUT2D eigenvalue weighted by atomic mass is 10.0. The highest BCUT2D eigenvalue weighted by molar-refractivity contribution is 5.87. The second-order valence-electron chi connectivity index (χ2n) is 6.98. The van der Waals surface area contributed by atoms with Gasteiger partial charge in [0.2, 0.25) is 5.91 Å². The number of hydrogen-bond acceptors (Lipinski definition) is 5. The Balaban J connectivity index is 1.98. The second-order valence-corrected chi connectivity index (χ2v) is 6.98. The number of aldehydes is 1. The third-order valence-corrected chi connectivity index (χ3v) is 4.57. The number of benzene rings is 2. The Morgan fingerprint density at radius 3 is 2.17 bits per heavy atom. The Hall–Kier alpha value is -3.19. The number of unbranched alkanes of at least 4 members (excludes halogenated alkanes) is 1. The van der Waals surface area contributed by atoms with Gasteiger partial charge >= 0.3 is 6.09 Å². The predicted octanol–water partition coefficient (Wildman–Crippen LogP) is 2.34. The summed E-state index contributed by atoms with van der Waals surface area (Å²) in [6.45, 7) is 0.632. The molecule has 7 heteroatoms. The summed E-state index contributed by atoms with van der Waals surface area (Å²) >= 11 is 0. The third kappa shape index (κ3) is 8.45. The Kier molecular flexibility index (Phi) is 10.1. The highest BCUT2D eigenvalue weighted by Gasteiger charge is 2.24. The van der Waals surface area contributed by atoms with Crippen molar-refractivity contribution in [3.8, 4) is 0 Å². The first-order chi connectivity index (χ1) is 14.6. The zero-order chi connectivity index (χ0) is 21.6. The summed E-state index contributed by atoms with van der Waals surface area (Å²) in [6.07, 6.45) is 2.31. The summed E-state index contributed by atoms with van der Waals surface area (Å²) in [7, 11) is 0. The highest BCUT2D eigenvalue weighted by Crippen LogP contribution is 2.06. The minimum absolute atomic E-state index is 0.0996. The van der Waals surface area contributed by atoms with Crippen molar-refractivity contribution in [3.05, 3.63) is 71.8 Å². The van der Waals surface area contributed by atoms with E-state index < -0.39 is 24.1 Å². The SMILES string of the molecule is NCCCC[C@H](C=O)NC(=O)[C@@H](Cc1ccccc1)NC(=O)OCc1ccccc1. The molecule has 2 rings (SSSR count). The van der Waals surface area contributed by atoms with E-state index >= 15 is 0 Å². The molecule has 30 heavy (non-hydrogen) atoms. The van der Waals surface area contributed by atoms with Gasteiger partial charge in [0.25, 0.3) is 0 Å². The molecule has 0 aliphatic rings. The lowest BCUT2D eigenvalue weighted by Crippen LogP contribution is -2.51. The van der Waals surface area contributed by atoms with Gasteiger partial charge < -0.3 is 25.9 Å². The van der Waals surface area contributed by atoms with Crippen molar-refractivity contribution in [2.45, 2.75) is 44.4 Å². The van der Waals surface area contributed by atoms with E-state index in [1.165, 1.54) is 0 Å². The van der Waals surface area contributed by atoms with Gasteiger partial charge in [-0.25, -0.2) is 4.79 Å². The van der Waals surface area contributed by atoms with Crippen LogP contribution in [-0.4, -0.2) is 36.9 Å². The molecule has 0 spiro atoms. The molecule has 2 aromatic carbocycles. The van der Waals surface area contributed by atoms with Crippen LogP contribution in [0.15, 0.2) is 60.7 Å². The predicted molar refractivity (Wildman–Crippen MR) is 115 cm³/mol. The Labute approximate surface area is 177 Å². The molecule has 0 aromatic heterocycles. The van der Waals surface area contributed by atoms with Crippen molar-refractivity contribution in [1.82, 2.24) is 10.6 Å². The lowest BCUT2D eigenvalue weighted by molar-refractivity contribution is -0.125. The minimum atomic E-state index is -0.868. The van der Waals surface area contributed by atoms with E-state index in [0.29, 0.717) is 19.3 Å². The fraction of sp³-hybridized carbons (Fsp3) is 0.348. The van der Waals surface area contributed by atoms with Gasteiger partial charge in [0.15, 0.2) is 0 Å². The van der Waals surface area contributed by atoms with Gasteiger partial charge in [-0.15, -0.1) is 0 Å². The van der Waals surface area contributed by atoms with Gasteiger partial charge in [0.05, 0.1) is 6.04 Å². The molecule has 0 unspecified atom stereocenters. The highest BCUT2D eigenvalue weighted by atomic mass is 16.5. The van der Waals surface area contributed by atoms with Crippen LogP contribution in [0.3, 0.4) is 0 Å². The van der Waals surface area contributed by atoms with Crippen LogP contribution >= 0.6 is 0 Å². The van der Waals surface area contributed by atoms with Gasteiger partial charge in [-0.2, -0.15) is 0 Å². The molecular formula is C23H29N3O4. The van der Waals surface area contributed by atoms with Crippen molar-refractivity contribution >= 4 is 18.3 Å². The van der Waals surface area contributed by atoms with Crippen LogP contribution in [0.5, 0.6) is 0 Å². The van der Waals surface area contributed by atoms with E-state index in [1.54, 1.807) is 0 Å². The first-order valence-electron chi connectivity index (χ1n) is 10.1. The average molecular weight is 412 g/mol. The molecule has 0 aliphatic heterocycles. The third-order valence-electron chi connectivity index (χ3n) is 4.57. The Bertz CT molecular complexity index is 784. The van der Waals surface area contributed by atoms with Crippen LogP contribution in [-0.2, 0) is 27.4 Å². The Morgan fingerprint density at radius 2 is 1.57 bits per heavy atom. The maximum absolute atomic E-state index is 12.8. The van der Waals surface area contributed by atoms with E-state index in [0.717, 1.165) is 24.0 Å². The smallest absolute Gasteiger partial charge is 0.408 e. The van der Waals surface area contributed by atoms with E-state index in [2.05, 4.69) is 10.6 Å². The standard InChI is InChI=1S/C23H29N3O4/c24-14-8-7-13-20(16-27)25-22(28)21(15-18-9-3-1-4-10-18)26-23(29)30-17-19-11-5-2-6-12-19/h1-6,9-12,16,20-21H,7-8,13-15,17,24H2,(H,25,28)(H,26,29)/t20-,21-/m1/s1. The molecular weight excluding hydrogens is 382 g/mol. The fourth-order valence-corrected chi connectivity index (χ4v) is 2.93. The second kappa shape index (κ2) is 13.1. The number of hydrogen-bond donors (Lipinski definition) is 3. The number of carbonyl (C=O) groups excluding carboxylic acids is 3. The molecule has 160 valence electrons. The maximum Gasteiger partial charge on any atom is 0.408 e. The largest absolute Gasteiger partial charge is 0.445 e. The molecule has 0 saturated carbocycles. The molecule has 7 nitrogen and oxygen atoms in total. The van der Waals surface area contributed by atoms with Gasteiger partial charge in [0, 0.05) is 6.42 Å².